The maximum atomic E-state index is 10.00. The molecule has 3 unspecified atom stereocenters. The lowest BCUT2D eigenvalue weighted by molar-refractivity contribution is -0.271. The van der Waals surface area contributed by atoms with Crippen molar-refractivity contribution in [1.29, 1.82) is 0 Å². The Morgan fingerprint density at radius 3 is 1.82 bits per heavy atom. The van der Waals surface area contributed by atoms with E-state index in [1.165, 1.54) is 83.5 Å². The van der Waals surface area contributed by atoms with E-state index in [0.29, 0.717) is 13.2 Å². The zero-order chi connectivity index (χ0) is 25.0. The molecule has 0 radical (unpaired) electrons. The standard InChI is InChI=1S/C26H53NO7/c1-3-4-5-6-7-8-9-10-11-12-13-14-15-16-17-32-19-21(31-2)20-33-26-23(27)25(30)24(29)22(18-28)34-26/h21-26,28-30H,3-20,27H2,1-2H3/t21?,22?,23?,24-,25+,26+/m0/s1. The number of aliphatic hydroxyl groups is 3. The summed E-state index contributed by atoms with van der Waals surface area (Å²) in [6.07, 6.45) is 14.0. The molecule has 6 atom stereocenters. The fourth-order valence-corrected chi connectivity index (χ4v) is 4.25. The third kappa shape index (κ3) is 13.7. The lowest BCUT2D eigenvalue weighted by Crippen LogP contribution is -2.62. The summed E-state index contributed by atoms with van der Waals surface area (Å²) in [5.41, 5.74) is 5.88. The van der Waals surface area contributed by atoms with Gasteiger partial charge < -0.3 is 40.0 Å². The smallest absolute Gasteiger partial charge is 0.175 e. The van der Waals surface area contributed by atoms with Crippen LogP contribution in [0.4, 0.5) is 0 Å². The minimum Gasteiger partial charge on any atom is -0.394 e. The van der Waals surface area contributed by atoms with Gasteiger partial charge in [-0.25, -0.2) is 0 Å². The van der Waals surface area contributed by atoms with Crippen LogP contribution in [0.1, 0.15) is 96.8 Å². The average Bonchev–Trinajstić information content (AvgIpc) is 2.85. The number of nitrogens with two attached hydrogens (primary N) is 1. The third-order valence-electron chi connectivity index (χ3n) is 6.65. The minimum atomic E-state index is -1.24. The molecular weight excluding hydrogens is 438 g/mol. The highest BCUT2D eigenvalue weighted by Crippen LogP contribution is 2.21. The first-order chi connectivity index (χ1) is 16.5. The van der Waals surface area contributed by atoms with Crippen molar-refractivity contribution in [2.24, 2.45) is 5.73 Å². The molecule has 0 aromatic carbocycles. The first-order valence-corrected chi connectivity index (χ1v) is 13.6. The Morgan fingerprint density at radius 1 is 0.794 bits per heavy atom. The molecule has 1 aliphatic heterocycles. The van der Waals surface area contributed by atoms with E-state index < -0.39 is 37.3 Å². The van der Waals surface area contributed by atoms with Crippen molar-refractivity contribution in [3.05, 3.63) is 0 Å². The summed E-state index contributed by atoms with van der Waals surface area (Å²) >= 11 is 0. The molecule has 8 heteroatoms. The summed E-state index contributed by atoms with van der Waals surface area (Å²) in [6.45, 7) is 3.10. The number of aliphatic hydroxyl groups excluding tert-OH is 3. The lowest BCUT2D eigenvalue weighted by atomic mass is 9.98. The van der Waals surface area contributed by atoms with Gasteiger partial charge in [0.2, 0.25) is 0 Å². The zero-order valence-electron chi connectivity index (χ0n) is 21.7. The van der Waals surface area contributed by atoms with Gasteiger partial charge in [0.15, 0.2) is 6.29 Å². The largest absolute Gasteiger partial charge is 0.394 e. The summed E-state index contributed by atoms with van der Waals surface area (Å²) in [5.74, 6) is 0. The maximum absolute atomic E-state index is 10.00. The fourth-order valence-electron chi connectivity index (χ4n) is 4.25. The average molecular weight is 492 g/mol. The highest BCUT2D eigenvalue weighted by molar-refractivity contribution is 4.91. The summed E-state index contributed by atoms with van der Waals surface area (Å²) in [7, 11) is 1.58. The molecule has 0 aromatic heterocycles. The fraction of sp³-hybridized carbons (Fsp3) is 1.00. The quantitative estimate of drug-likeness (QED) is 0.170. The Labute approximate surface area is 207 Å². The molecular formula is C26H53NO7. The van der Waals surface area contributed by atoms with Gasteiger partial charge in [-0.05, 0) is 6.42 Å². The normalized spacial score (nSPS) is 26.1. The van der Waals surface area contributed by atoms with Gasteiger partial charge in [-0.15, -0.1) is 0 Å². The number of ether oxygens (including phenoxy) is 4. The molecule has 0 saturated carbocycles. The summed E-state index contributed by atoms with van der Waals surface area (Å²) < 4.78 is 22.2. The predicted molar refractivity (Wildman–Crippen MR) is 134 cm³/mol. The molecule has 34 heavy (non-hydrogen) atoms. The van der Waals surface area contributed by atoms with Gasteiger partial charge in [0.25, 0.3) is 0 Å². The topological polar surface area (TPSA) is 124 Å². The van der Waals surface area contributed by atoms with Crippen molar-refractivity contribution in [2.75, 3.05) is 33.5 Å². The summed E-state index contributed by atoms with van der Waals surface area (Å²) in [5, 5.41) is 29.1. The van der Waals surface area contributed by atoms with Crippen molar-refractivity contribution in [1.82, 2.24) is 0 Å². The van der Waals surface area contributed by atoms with Gasteiger partial charge in [0.05, 0.1) is 25.9 Å². The molecule has 0 aromatic rings. The van der Waals surface area contributed by atoms with Crippen LogP contribution < -0.4 is 5.73 Å². The van der Waals surface area contributed by atoms with Crippen LogP contribution in [0, 0.1) is 0 Å². The third-order valence-corrected chi connectivity index (χ3v) is 6.65. The first kappa shape index (κ1) is 31.7. The molecule has 0 bridgehead atoms. The second-order valence-corrected chi connectivity index (χ2v) is 9.65. The van der Waals surface area contributed by atoms with Crippen molar-refractivity contribution >= 4 is 0 Å². The Morgan fingerprint density at radius 2 is 1.32 bits per heavy atom. The van der Waals surface area contributed by atoms with Gasteiger partial charge >= 0.3 is 0 Å². The van der Waals surface area contributed by atoms with Crippen LogP contribution in [0.15, 0.2) is 0 Å². The van der Waals surface area contributed by atoms with Crippen LogP contribution in [0.3, 0.4) is 0 Å². The van der Waals surface area contributed by atoms with E-state index in [-0.39, 0.29) is 12.7 Å². The maximum Gasteiger partial charge on any atom is 0.175 e. The van der Waals surface area contributed by atoms with Gasteiger partial charge in [-0.3, -0.25) is 0 Å². The Bertz CT molecular complexity index is 455. The predicted octanol–water partition coefficient (Wildman–Crippen LogP) is 3.28. The van der Waals surface area contributed by atoms with Crippen molar-refractivity contribution in [3.63, 3.8) is 0 Å². The molecule has 0 amide bonds. The van der Waals surface area contributed by atoms with E-state index in [9.17, 15) is 15.3 Å². The van der Waals surface area contributed by atoms with E-state index in [1.54, 1.807) is 7.11 Å². The molecule has 1 rings (SSSR count). The SMILES string of the molecule is CCCCCCCCCCCCCCCCOCC(CO[C@@H]1OC(CO)[C@H](O)[C@H](O)C1N)OC. The summed E-state index contributed by atoms with van der Waals surface area (Å²) in [6, 6.07) is -0.910. The van der Waals surface area contributed by atoms with Crippen LogP contribution in [0.25, 0.3) is 0 Å². The molecule has 0 spiro atoms. The van der Waals surface area contributed by atoms with Gasteiger partial charge in [-0.1, -0.05) is 90.4 Å². The molecule has 5 N–H and O–H groups in total. The van der Waals surface area contributed by atoms with Gasteiger partial charge in [0, 0.05) is 13.7 Å². The Hall–Kier alpha value is -0.320. The van der Waals surface area contributed by atoms with Crippen LogP contribution in [0.2, 0.25) is 0 Å². The molecule has 204 valence electrons. The molecule has 1 fully saturated rings. The van der Waals surface area contributed by atoms with E-state index in [4.69, 9.17) is 24.7 Å². The number of methoxy groups -OCH3 is 1. The number of rotatable bonds is 22. The molecule has 0 aliphatic carbocycles. The zero-order valence-corrected chi connectivity index (χ0v) is 21.7. The van der Waals surface area contributed by atoms with Crippen molar-refractivity contribution in [2.45, 2.75) is 134 Å². The molecule has 1 heterocycles. The molecule has 8 nitrogen and oxygen atoms in total. The number of unbranched alkanes of at least 4 members (excludes halogenated alkanes) is 13. The van der Waals surface area contributed by atoms with E-state index >= 15 is 0 Å². The first-order valence-electron chi connectivity index (χ1n) is 13.6. The highest BCUT2D eigenvalue weighted by Gasteiger charge is 2.43. The second-order valence-electron chi connectivity index (χ2n) is 9.65. The van der Waals surface area contributed by atoms with Crippen molar-refractivity contribution < 1.29 is 34.3 Å². The second kappa shape index (κ2) is 20.8. The monoisotopic (exact) mass is 491 g/mol. The van der Waals surface area contributed by atoms with Crippen LogP contribution in [-0.4, -0.2) is 85.6 Å². The molecule has 1 aliphatic rings. The Balaban J connectivity index is 1.97. The van der Waals surface area contributed by atoms with E-state index in [0.717, 1.165) is 6.42 Å². The van der Waals surface area contributed by atoms with Gasteiger partial charge in [-0.2, -0.15) is 0 Å². The Kier molecular flexibility index (Phi) is 19.4. The summed E-state index contributed by atoms with van der Waals surface area (Å²) in [4.78, 5) is 0. The minimum absolute atomic E-state index is 0.175. The number of hydrogen-bond acceptors (Lipinski definition) is 8. The van der Waals surface area contributed by atoms with Crippen LogP contribution >= 0.6 is 0 Å². The van der Waals surface area contributed by atoms with Crippen LogP contribution in [0.5, 0.6) is 0 Å². The van der Waals surface area contributed by atoms with Gasteiger partial charge in [0.1, 0.15) is 24.4 Å². The van der Waals surface area contributed by atoms with Crippen LogP contribution in [-0.2, 0) is 18.9 Å². The highest BCUT2D eigenvalue weighted by atomic mass is 16.7. The molecule has 1 saturated heterocycles. The lowest BCUT2D eigenvalue weighted by Gasteiger charge is -2.40. The van der Waals surface area contributed by atoms with Crippen molar-refractivity contribution in [3.8, 4) is 0 Å². The van der Waals surface area contributed by atoms with E-state index in [2.05, 4.69) is 6.92 Å². The van der Waals surface area contributed by atoms with E-state index in [1.807, 2.05) is 0 Å². The number of hydrogen-bond donors (Lipinski definition) is 4.